The van der Waals surface area contributed by atoms with Crippen molar-refractivity contribution in [1.82, 2.24) is 24.8 Å². The monoisotopic (exact) mass is 585 g/mol. The lowest BCUT2D eigenvalue weighted by Gasteiger charge is -2.32. The van der Waals surface area contributed by atoms with Crippen LogP contribution in [0, 0.1) is 0 Å². The highest BCUT2D eigenvalue weighted by molar-refractivity contribution is 6.05. The van der Waals surface area contributed by atoms with Gasteiger partial charge in [0.25, 0.3) is 5.91 Å². The number of benzene rings is 2. The number of nitrogens with one attached hydrogen (secondary N) is 3. The quantitative estimate of drug-likeness (QED) is 0.205. The Labute approximate surface area is 246 Å². The Balaban J connectivity index is 1.23. The molecule has 4 heterocycles. The number of piperazine rings is 1. The maximum Gasteiger partial charge on any atom is 0.416 e. The Morgan fingerprint density at radius 2 is 1.81 bits per heavy atom. The van der Waals surface area contributed by atoms with E-state index in [9.17, 15) is 18.0 Å². The van der Waals surface area contributed by atoms with E-state index in [1.165, 1.54) is 0 Å². The summed E-state index contributed by atoms with van der Waals surface area (Å²) in [5, 5.41) is 6.92. The van der Waals surface area contributed by atoms with E-state index in [2.05, 4.69) is 35.4 Å². The lowest BCUT2D eigenvalue weighted by molar-refractivity contribution is -0.137. The third-order valence-electron chi connectivity index (χ3n) is 7.47. The zero-order valence-electron chi connectivity index (χ0n) is 23.4. The number of anilines is 3. The van der Waals surface area contributed by atoms with Gasteiger partial charge in [-0.05, 0) is 73.3 Å². The van der Waals surface area contributed by atoms with Gasteiger partial charge in [0.2, 0.25) is 0 Å². The maximum atomic E-state index is 13.8. The summed E-state index contributed by atoms with van der Waals surface area (Å²) >= 11 is 0. The van der Waals surface area contributed by atoms with Crippen molar-refractivity contribution < 1.29 is 18.0 Å². The molecule has 0 unspecified atom stereocenters. The molecule has 0 spiro atoms. The Morgan fingerprint density at radius 1 is 0.977 bits per heavy atom. The van der Waals surface area contributed by atoms with Crippen LogP contribution in [0.1, 0.15) is 21.5 Å². The molecule has 0 bridgehead atoms. The van der Waals surface area contributed by atoms with Crippen molar-refractivity contribution in [3.05, 3.63) is 102 Å². The van der Waals surface area contributed by atoms with Crippen molar-refractivity contribution >= 4 is 34.0 Å². The van der Waals surface area contributed by atoms with E-state index in [4.69, 9.17) is 0 Å². The number of amides is 1. The molecule has 1 saturated heterocycles. The topological polar surface area (TPSA) is 89.2 Å². The molecule has 1 aliphatic rings. The smallest absolute Gasteiger partial charge is 0.355 e. The molecular weight excluding hydrogens is 555 g/mol. The number of aromatic amines is 1. The van der Waals surface area contributed by atoms with Crippen LogP contribution in [0.25, 0.3) is 22.3 Å². The van der Waals surface area contributed by atoms with E-state index in [1.54, 1.807) is 42.9 Å². The third-order valence-corrected chi connectivity index (χ3v) is 7.47. The van der Waals surface area contributed by atoms with E-state index < -0.39 is 17.6 Å². The molecule has 3 aromatic heterocycles. The number of hydrogen-bond acceptors (Lipinski definition) is 6. The van der Waals surface area contributed by atoms with Gasteiger partial charge in [0, 0.05) is 79.2 Å². The predicted octanol–water partition coefficient (Wildman–Crippen LogP) is 6.39. The maximum absolute atomic E-state index is 13.8. The highest BCUT2D eigenvalue weighted by Gasteiger charge is 2.31. The number of H-pyrrole nitrogens is 1. The first-order valence-electron chi connectivity index (χ1n) is 13.9. The largest absolute Gasteiger partial charge is 0.416 e. The number of fused-ring (bicyclic) bond motifs is 1. The second-order valence-electron chi connectivity index (χ2n) is 10.7. The summed E-state index contributed by atoms with van der Waals surface area (Å²) in [6.45, 7) is 3.62. The van der Waals surface area contributed by atoms with Crippen molar-refractivity contribution in [2.75, 3.05) is 43.9 Å². The zero-order valence-corrected chi connectivity index (χ0v) is 23.4. The molecule has 43 heavy (non-hydrogen) atoms. The average Bonchev–Trinajstić information content (AvgIpc) is 3.48. The number of hydrogen-bond donors (Lipinski definition) is 3. The third kappa shape index (κ3) is 6.68. The van der Waals surface area contributed by atoms with Gasteiger partial charge >= 0.3 is 6.18 Å². The fourth-order valence-electron chi connectivity index (χ4n) is 5.18. The lowest BCUT2D eigenvalue weighted by atomic mass is 10.1. The van der Waals surface area contributed by atoms with E-state index in [1.807, 2.05) is 37.4 Å². The minimum absolute atomic E-state index is 0.103. The van der Waals surface area contributed by atoms with Crippen molar-refractivity contribution in [3.8, 4) is 11.3 Å². The Hall–Kier alpha value is -4.74. The van der Waals surface area contributed by atoms with E-state index in [0.29, 0.717) is 29.0 Å². The molecule has 0 saturated carbocycles. The average molecular weight is 586 g/mol. The summed E-state index contributed by atoms with van der Waals surface area (Å²) in [5.41, 5.74) is 3.79. The molecule has 8 nitrogen and oxygen atoms in total. The summed E-state index contributed by atoms with van der Waals surface area (Å²) in [6.07, 6.45) is 0.688. The molecule has 1 amide bonds. The number of halogens is 3. The van der Waals surface area contributed by atoms with Crippen LogP contribution in [0.2, 0.25) is 0 Å². The number of nitrogens with zero attached hydrogens (tertiary/aromatic N) is 4. The standard InChI is InChI=1S/C32H30F3N7O/c1-41-10-12-42(13-11-41)20-21-14-24(32(33,34)35)17-26(15-21)39-31(43)22-4-2-6-25(16-22)38-29-18-28(23-5-3-8-36-19-23)40-30-27(29)7-9-37-30/h2-9,14-19H,10-13,20H2,1H3,(H,39,43)(H2,37,38,40). The molecule has 2 aromatic carbocycles. The van der Waals surface area contributed by atoms with Crippen LogP contribution in [0.15, 0.2) is 85.3 Å². The van der Waals surface area contributed by atoms with Crippen LogP contribution in [0.4, 0.5) is 30.2 Å². The summed E-state index contributed by atoms with van der Waals surface area (Å²) in [4.78, 5) is 29.6. The van der Waals surface area contributed by atoms with Crippen LogP contribution >= 0.6 is 0 Å². The molecule has 3 N–H and O–H groups in total. The number of carbonyl (C=O) groups is 1. The first kappa shape index (κ1) is 28.4. The first-order chi connectivity index (χ1) is 20.7. The molecule has 220 valence electrons. The minimum Gasteiger partial charge on any atom is -0.355 e. The number of carbonyl (C=O) groups excluding carboxylic acids is 1. The second-order valence-corrected chi connectivity index (χ2v) is 10.7. The Kier molecular flexibility index (Phi) is 7.83. The van der Waals surface area contributed by atoms with Gasteiger partial charge in [-0.15, -0.1) is 0 Å². The fraction of sp³-hybridized carbons (Fsp3) is 0.219. The second kappa shape index (κ2) is 11.9. The number of pyridine rings is 2. The van der Waals surface area contributed by atoms with Gasteiger partial charge in [0.05, 0.1) is 16.9 Å². The normalized spacial score (nSPS) is 14.6. The number of rotatable bonds is 7. The van der Waals surface area contributed by atoms with E-state index >= 15 is 0 Å². The summed E-state index contributed by atoms with van der Waals surface area (Å²) in [7, 11) is 2.03. The van der Waals surface area contributed by atoms with Crippen molar-refractivity contribution in [2.24, 2.45) is 0 Å². The van der Waals surface area contributed by atoms with Gasteiger partial charge in [-0.25, -0.2) is 4.98 Å². The SMILES string of the molecule is CN1CCN(Cc2cc(NC(=O)c3cccc(Nc4cc(-c5cccnc5)nc5[nH]ccc45)c3)cc(C(F)(F)F)c2)CC1. The zero-order chi connectivity index (χ0) is 30.0. The predicted molar refractivity (Wildman–Crippen MR) is 161 cm³/mol. The first-order valence-corrected chi connectivity index (χ1v) is 13.9. The highest BCUT2D eigenvalue weighted by Crippen LogP contribution is 2.33. The van der Waals surface area contributed by atoms with Gasteiger partial charge < -0.3 is 20.5 Å². The van der Waals surface area contributed by atoms with Crippen LogP contribution in [-0.2, 0) is 12.7 Å². The highest BCUT2D eigenvalue weighted by atomic mass is 19.4. The molecule has 5 aromatic rings. The fourth-order valence-corrected chi connectivity index (χ4v) is 5.18. The van der Waals surface area contributed by atoms with E-state index in [0.717, 1.165) is 60.6 Å². The van der Waals surface area contributed by atoms with E-state index in [-0.39, 0.29) is 5.69 Å². The number of alkyl halides is 3. The summed E-state index contributed by atoms with van der Waals surface area (Å²) in [5.74, 6) is -0.508. The van der Waals surface area contributed by atoms with Gasteiger partial charge in [-0.2, -0.15) is 13.2 Å². The van der Waals surface area contributed by atoms with Crippen LogP contribution < -0.4 is 10.6 Å². The molecule has 0 atom stereocenters. The molecular formula is C32H30F3N7O. The van der Waals surface area contributed by atoms with Crippen molar-refractivity contribution in [2.45, 2.75) is 12.7 Å². The van der Waals surface area contributed by atoms with Crippen LogP contribution in [-0.4, -0.2) is 63.9 Å². The van der Waals surface area contributed by atoms with Gasteiger partial charge in [0.1, 0.15) is 5.65 Å². The Bertz CT molecular complexity index is 1750. The van der Waals surface area contributed by atoms with Gasteiger partial charge in [-0.1, -0.05) is 6.07 Å². The number of likely N-dealkylation sites (N-methyl/N-ethyl adjacent to an activating group) is 1. The molecule has 6 rings (SSSR count). The summed E-state index contributed by atoms with van der Waals surface area (Å²) in [6, 6.07) is 18.2. The Morgan fingerprint density at radius 3 is 2.58 bits per heavy atom. The molecule has 0 aliphatic carbocycles. The number of aromatic nitrogens is 3. The van der Waals surface area contributed by atoms with Crippen molar-refractivity contribution in [1.29, 1.82) is 0 Å². The van der Waals surface area contributed by atoms with Gasteiger partial charge in [-0.3, -0.25) is 14.7 Å². The van der Waals surface area contributed by atoms with Crippen molar-refractivity contribution in [3.63, 3.8) is 0 Å². The minimum atomic E-state index is -4.54. The molecule has 11 heteroatoms. The molecule has 0 radical (unpaired) electrons. The van der Waals surface area contributed by atoms with Crippen LogP contribution in [0.5, 0.6) is 0 Å². The van der Waals surface area contributed by atoms with Gasteiger partial charge in [0.15, 0.2) is 0 Å². The van der Waals surface area contributed by atoms with Crippen LogP contribution in [0.3, 0.4) is 0 Å². The lowest BCUT2D eigenvalue weighted by Crippen LogP contribution is -2.43. The molecule has 1 aliphatic heterocycles. The summed E-state index contributed by atoms with van der Waals surface area (Å²) < 4.78 is 41.3. The molecule has 1 fully saturated rings.